The second-order valence-electron chi connectivity index (χ2n) is 4.34. The van der Waals surface area contributed by atoms with Crippen LogP contribution in [0.25, 0.3) is 0 Å². The van der Waals surface area contributed by atoms with E-state index in [1.165, 1.54) is 18.2 Å². The number of nitrogens with zero attached hydrogens (tertiary/aromatic N) is 1. The van der Waals surface area contributed by atoms with Crippen LogP contribution < -0.4 is 5.32 Å². The van der Waals surface area contributed by atoms with Crippen LogP contribution in [0.4, 0.5) is 20.2 Å². The van der Waals surface area contributed by atoms with Crippen molar-refractivity contribution in [1.29, 1.82) is 0 Å². The molecule has 1 atom stereocenters. The largest absolute Gasteiger partial charge is 0.373 e. The molecule has 0 saturated carbocycles. The number of halogens is 2. The average molecular weight is 278 g/mol. The standard InChI is InChI=1S/C14H12F2N2O2/c1-9(10-3-2-4-11(15)7-10)17-13-6-5-12(16)8-14(13)18(19)20/h2-9,17H,1H3. The third-order valence-electron chi connectivity index (χ3n) is 2.88. The second kappa shape index (κ2) is 5.64. The molecule has 2 aromatic carbocycles. The van der Waals surface area contributed by atoms with Crippen LogP contribution in [-0.2, 0) is 0 Å². The highest BCUT2D eigenvalue weighted by Gasteiger charge is 2.17. The lowest BCUT2D eigenvalue weighted by Gasteiger charge is -2.15. The fraction of sp³-hybridized carbons (Fsp3) is 0.143. The first-order valence-electron chi connectivity index (χ1n) is 5.93. The highest BCUT2D eigenvalue weighted by Crippen LogP contribution is 2.28. The number of nitro benzene ring substituents is 1. The fourth-order valence-corrected chi connectivity index (χ4v) is 1.87. The van der Waals surface area contributed by atoms with Crippen LogP contribution in [0.5, 0.6) is 0 Å². The molecule has 0 aliphatic carbocycles. The normalized spacial score (nSPS) is 11.9. The van der Waals surface area contributed by atoms with Gasteiger partial charge < -0.3 is 5.32 Å². The zero-order chi connectivity index (χ0) is 14.7. The molecule has 0 aliphatic heterocycles. The first-order valence-corrected chi connectivity index (χ1v) is 5.93. The number of nitro groups is 1. The van der Waals surface area contributed by atoms with E-state index in [1.54, 1.807) is 19.1 Å². The molecule has 1 N–H and O–H groups in total. The van der Waals surface area contributed by atoms with Gasteiger partial charge >= 0.3 is 0 Å². The Morgan fingerprint density at radius 1 is 1.15 bits per heavy atom. The summed E-state index contributed by atoms with van der Waals surface area (Å²) in [7, 11) is 0. The SMILES string of the molecule is CC(Nc1ccc(F)cc1[N+](=O)[O-])c1cccc(F)c1. The molecule has 0 bridgehead atoms. The molecule has 1 unspecified atom stereocenters. The molecule has 4 nitrogen and oxygen atoms in total. The zero-order valence-corrected chi connectivity index (χ0v) is 10.6. The lowest BCUT2D eigenvalue weighted by molar-refractivity contribution is -0.384. The van der Waals surface area contributed by atoms with Crippen LogP contribution in [0.15, 0.2) is 42.5 Å². The second-order valence-corrected chi connectivity index (χ2v) is 4.34. The minimum Gasteiger partial charge on any atom is -0.373 e. The monoisotopic (exact) mass is 278 g/mol. The smallest absolute Gasteiger partial charge is 0.295 e. The van der Waals surface area contributed by atoms with Gasteiger partial charge in [0.2, 0.25) is 0 Å². The summed E-state index contributed by atoms with van der Waals surface area (Å²) >= 11 is 0. The lowest BCUT2D eigenvalue weighted by Crippen LogP contribution is -2.08. The molecule has 0 spiro atoms. The van der Waals surface area contributed by atoms with Gasteiger partial charge in [0.25, 0.3) is 5.69 Å². The molecule has 0 amide bonds. The number of anilines is 1. The average Bonchev–Trinajstić information content (AvgIpc) is 2.40. The molecule has 6 heteroatoms. The van der Waals surface area contributed by atoms with Gasteiger partial charge in [-0.3, -0.25) is 10.1 Å². The molecule has 0 aromatic heterocycles. The Morgan fingerprint density at radius 2 is 1.85 bits per heavy atom. The third kappa shape index (κ3) is 3.09. The summed E-state index contributed by atoms with van der Waals surface area (Å²) in [5.74, 6) is -1.06. The summed E-state index contributed by atoms with van der Waals surface area (Å²) in [6, 6.07) is 8.84. The van der Waals surface area contributed by atoms with E-state index in [4.69, 9.17) is 0 Å². The van der Waals surface area contributed by atoms with Crippen molar-refractivity contribution in [3.8, 4) is 0 Å². The van der Waals surface area contributed by atoms with Crippen LogP contribution >= 0.6 is 0 Å². The van der Waals surface area contributed by atoms with Crippen molar-refractivity contribution in [2.75, 3.05) is 5.32 Å². The number of benzene rings is 2. The quantitative estimate of drug-likeness (QED) is 0.678. The molecule has 0 fully saturated rings. The van der Waals surface area contributed by atoms with Gasteiger partial charge in [-0.05, 0) is 36.8 Å². The van der Waals surface area contributed by atoms with Gasteiger partial charge in [-0.1, -0.05) is 12.1 Å². The van der Waals surface area contributed by atoms with Gasteiger partial charge in [-0.25, -0.2) is 8.78 Å². The van der Waals surface area contributed by atoms with Crippen molar-refractivity contribution in [2.45, 2.75) is 13.0 Å². The van der Waals surface area contributed by atoms with Gasteiger partial charge in [0.1, 0.15) is 17.3 Å². The van der Waals surface area contributed by atoms with Gasteiger partial charge in [0, 0.05) is 6.04 Å². The van der Waals surface area contributed by atoms with Crippen molar-refractivity contribution in [3.05, 3.63) is 69.8 Å². The van der Waals surface area contributed by atoms with Crippen molar-refractivity contribution >= 4 is 11.4 Å². The first kappa shape index (κ1) is 13.9. The maximum absolute atomic E-state index is 13.1. The summed E-state index contributed by atoms with van der Waals surface area (Å²) in [5.41, 5.74) is 0.477. The predicted octanol–water partition coefficient (Wildman–Crippen LogP) is 4.05. The van der Waals surface area contributed by atoms with Gasteiger partial charge in [-0.2, -0.15) is 0 Å². The Balaban J connectivity index is 2.28. The molecular formula is C14H12F2N2O2. The Bertz CT molecular complexity index is 647. The summed E-state index contributed by atoms with van der Waals surface area (Å²) in [4.78, 5) is 10.2. The van der Waals surface area contributed by atoms with E-state index >= 15 is 0 Å². The van der Waals surface area contributed by atoms with E-state index in [9.17, 15) is 18.9 Å². The van der Waals surface area contributed by atoms with E-state index in [1.807, 2.05) is 0 Å². The number of hydrogen-bond acceptors (Lipinski definition) is 3. The summed E-state index contributed by atoms with van der Waals surface area (Å²) in [5, 5.41) is 13.8. The summed E-state index contributed by atoms with van der Waals surface area (Å²) in [6.07, 6.45) is 0. The van der Waals surface area contributed by atoms with E-state index in [0.29, 0.717) is 5.56 Å². The predicted molar refractivity (Wildman–Crippen MR) is 71.5 cm³/mol. The van der Waals surface area contributed by atoms with Crippen LogP contribution in [0.3, 0.4) is 0 Å². The Morgan fingerprint density at radius 3 is 2.50 bits per heavy atom. The molecule has 2 aromatic rings. The number of rotatable bonds is 4. The van der Waals surface area contributed by atoms with Crippen molar-refractivity contribution in [3.63, 3.8) is 0 Å². The maximum Gasteiger partial charge on any atom is 0.295 e. The summed E-state index contributed by atoms with van der Waals surface area (Å²) in [6.45, 7) is 1.74. The van der Waals surface area contributed by atoms with E-state index in [0.717, 1.165) is 12.1 Å². The van der Waals surface area contributed by atoms with Crippen molar-refractivity contribution < 1.29 is 13.7 Å². The minimum absolute atomic E-state index is 0.188. The topological polar surface area (TPSA) is 55.2 Å². The molecule has 20 heavy (non-hydrogen) atoms. The molecular weight excluding hydrogens is 266 g/mol. The molecule has 0 radical (unpaired) electrons. The zero-order valence-electron chi connectivity index (χ0n) is 10.6. The maximum atomic E-state index is 13.1. The molecule has 0 saturated heterocycles. The minimum atomic E-state index is -0.680. The Hall–Kier alpha value is -2.50. The third-order valence-corrected chi connectivity index (χ3v) is 2.88. The molecule has 104 valence electrons. The molecule has 2 rings (SSSR count). The lowest BCUT2D eigenvalue weighted by atomic mass is 10.1. The summed E-state index contributed by atoms with van der Waals surface area (Å²) < 4.78 is 26.2. The fourth-order valence-electron chi connectivity index (χ4n) is 1.87. The van der Waals surface area contributed by atoms with Crippen molar-refractivity contribution in [1.82, 2.24) is 0 Å². The first-order chi connectivity index (χ1) is 9.47. The highest BCUT2D eigenvalue weighted by molar-refractivity contribution is 5.62. The molecule has 0 aliphatic rings. The van der Waals surface area contributed by atoms with E-state index in [2.05, 4.69) is 5.32 Å². The van der Waals surface area contributed by atoms with Gasteiger partial charge in [0.05, 0.1) is 11.0 Å². The highest BCUT2D eigenvalue weighted by atomic mass is 19.1. The van der Waals surface area contributed by atoms with Crippen LogP contribution in [0.1, 0.15) is 18.5 Å². The Kier molecular flexibility index (Phi) is 3.93. The van der Waals surface area contributed by atoms with Crippen LogP contribution in [0.2, 0.25) is 0 Å². The van der Waals surface area contributed by atoms with Crippen LogP contribution in [-0.4, -0.2) is 4.92 Å². The number of nitrogens with one attached hydrogen (secondary N) is 1. The van der Waals surface area contributed by atoms with Gasteiger partial charge in [-0.15, -0.1) is 0 Å². The van der Waals surface area contributed by atoms with Crippen molar-refractivity contribution in [2.24, 2.45) is 0 Å². The Labute approximate surface area is 114 Å². The van der Waals surface area contributed by atoms with E-state index < -0.39 is 10.7 Å². The number of hydrogen-bond donors (Lipinski definition) is 1. The molecule has 0 heterocycles. The van der Waals surface area contributed by atoms with Gasteiger partial charge in [0.15, 0.2) is 0 Å². The van der Waals surface area contributed by atoms with Crippen LogP contribution in [0, 0.1) is 21.7 Å². The van der Waals surface area contributed by atoms with E-state index in [-0.39, 0.29) is 23.2 Å².